The van der Waals surface area contributed by atoms with Crippen LogP contribution in [0.25, 0.3) is 0 Å². The van der Waals surface area contributed by atoms with Crippen molar-refractivity contribution in [3.05, 3.63) is 17.1 Å². The van der Waals surface area contributed by atoms with Gasteiger partial charge in [0, 0.05) is 43.4 Å². The third-order valence-corrected chi connectivity index (χ3v) is 5.40. The Labute approximate surface area is 145 Å². The summed E-state index contributed by atoms with van der Waals surface area (Å²) in [5, 5.41) is 0. The van der Waals surface area contributed by atoms with Crippen molar-refractivity contribution < 1.29 is 4.79 Å². The highest BCUT2D eigenvalue weighted by atomic mass is 16.2. The Morgan fingerprint density at radius 2 is 1.67 bits per heavy atom. The maximum absolute atomic E-state index is 12.6. The number of aromatic nitrogens is 2. The smallest absolute Gasteiger partial charge is 0.225 e. The summed E-state index contributed by atoms with van der Waals surface area (Å²) in [6.45, 7) is 11.8. The van der Waals surface area contributed by atoms with Crippen LogP contribution in [-0.4, -0.2) is 47.0 Å². The molecular formula is C19H30N4O. The van der Waals surface area contributed by atoms with E-state index in [1.165, 1.54) is 18.4 Å². The van der Waals surface area contributed by atoms with Crippen LogP contribution in [0.4, 0.5) is 5.82 Å². The molecule has 0 bridgehead atoms. The minimum Gasteiger partial charge on any atom is -0.353 e. The van der Waals surface area contributed by atoms with Crippen LogP contribution < -0.4 is 4.90 Å². The Balaban J connectivity index is 1.72. The molecule has 0 atom stereocenters. The first-order chi connectivity index (χ1) is 11.5. The number of hydrogen-bond donors (Lipinski definition) is 0. The molecule has 0 radical (unpaired) electrons. The molecular weight excluding hydrogens is 300 g/mol. The van der Waals surface area contributed by atoms with Crippen LogP contribution in [0.15, 0.2) is 0 Å². The van der Waals surface area contributed by atoms with Gasteiger partial charge in [0.05, 0.1) is 0 Å². The largest absolute Gasteiger partial charge is 0.353 e. The Hall–Kier alpha value is -1.65. The van der Waals surface area contributed by atoms with Crippen LogP contribution in [0, 0.1) is 19.8 Å². The van der Waals surface area contributed by atoms with E-state index in [1.54, 1.807) is 0 Å². The van der Waals surface area contributed by atoms with Crippen LogP contribution in [0.5, 0.6) is 0 Å². The van der Waals surface area contributed by atoms with Crippen LogP contribution in [0.1, 0.15) is 62.5 Å². The molecule has 1 aromatic heterocycles. The number of aryl methyl sites for hydroxylation is 2. The molecule has 1 aliphatic carbocycles. The number of anilines is 1. The highest BCUT2D eigenvalue weighted by Crippen LogP contribution is 2.30. The van der Waals surface area contributed by atoms with Crippen LogP contribution in [-0.2, 0) is 4.79 Å². The standard InChI is InChI=1S/C19H30N4O/c1-13(2)17-14(3)20-15(4)21-18(17)22-9-11-23(12-10-22)19(24)16-7-5-6-8-16/h13,16H,5-12H2,1-4H3. The van der Waals surface area contributed by atoms with Gasteiger partial charge in [-0.1, -0.05) is 26.7 Å². The summed E-state index contributed by atoms with van der Waals surface area (Å²) in [6.07, 6.45) is 4.60. The molecule has 2 aliphatic rings. The zero-order valence-corrected chi connectivity index (χ0v) is 15.5. The quantitative estimate of drug-likeness (QED) is 0.855. The number of carbonyl (C=O) groups excluding carboxylic acids is 1. The maximum atomic E-state index is 12.6. The van der Waals surface area contributed by atoms with Crippen molar-refractivity contribution in [3.63, 3.8) is 0 Å². The number of piperazine rings is 1. The fourth-order valence-corrected chi connectivity index (χ4v) is 4.19. The highest BCUT2D eigenvalue weighted by molar-refractivity contribution is 5.79. The van der Waals surface area contributed by atoms with Gasteiger partial charge in [-0.15, -0.1) is 0 Å². The van der Waals surface area contributed by atoms with E-state index in [1.807, 2.05) is 6.92 Å². The summed E-state index contributed by atoms with van der Waals surface area (Å²) < 4.78 is 0. The zero-order valence-electron chi connectivity index (χ0n) is 15.5. The van der Waals surface area contributed by atoms with Crippen LogP contribution in [0.3, 0.4) is 0 Å². The Morgan fingerprint density at radius 1 is 1.04 bits per heavy atom. The number of amides is 1. The highest BCUT2D eigenvalue weighted by Gasteiger charge is 2.30. The minimum absolute atomic E-state index is 0.284. The molecule has 2 fully saturated rings. The van der Waals surface area contributed by atoms with Gasteiger partial charge in [-0.25, -0.2) is 9.97 Å². The number of hydrogen-bond acceptors (Lipinski definition) is 4. The third-order valence-electron chi connectivity index (χ3n) is 5.40. The second-order valence-electron chi connectivity index (χ2n) is 7.54. The SMILES string of the molecule is Cc1nc(C)c(C(C)C)c(N2CCN(C(=O)C3CCCC3)CC2)n1. The van der Waals surface area contributed by atoms with Crippen LogP contribution in [0.2, 0.25) is 0 Å². The molecule has 0 unspecified atom stereocenters. The lowest BCUT2D eigenvalue weighted by Crippen LogP contribution is -2.50. The summed E-state index contributed by atoms with van der Waals surface area (Å²) in [7, 11) is 0. The molecule has 132 valence electrons. The summed E-state index contributed by atoms with van der Waals surface area (Å²) in [4.78, 5) is 26.3. The molecule has 0 N–H and O–H groups in total. The van der Waals surface area contributed by atoms with Crippen molar-refractivity contribution in [2.24, 2.45) is 5.92 Å². The predicted molar refractivity (Wildman–Crippen MR) is 96.3 cm³/mol. The van der Waals surface area contributed by atoms with Crippen LogP contribution >= 0.6 is 0 Å². The lowest BCUT2D eigenvalue weighted by atomic mass is 10.0. The molecule has 1 saturated carbocycles. The van der Waals surface area contributed by atoms with Gasteiger partial charge in [0.2, 0.25) is 5.91 Å². The predicted octanol–water partition coefficient (Wildman–Crippen LogP) is 3.06. The normalized spacial score (nSPS) is 19.4. The van der Waals surface area contributed by atoms with Gasteiger partial charge in [-0.05, 0) is 32.6 Å². The van der Waals surface area contributed by atoms with Gasteiger partial charge in [-0.3, -0.25) is 4.79 Å². The second kappa shape index (κ2) is 7.08. The van der Waals surface area contributed by atoms with Gasteiger partial charge in [-0.2, -0.15) is 0 Å². The maximum Gasteiger partial charge on any atom is 0.225 e. The molecule has 1 aliphatic heterocycles. The lowest BCUT2D eigenvalue weighted by Gasteiger charge is -2.37. The van der Waals surface area contributed by atoms with Crippen molar-refractivity contribution in [2.45, 2.75) is 59.3 Å². The van der Waals surface area contributed by atoms with Crippen molar-refractivity contribution in [3.8, 4) is 0 Å². The summed E-state index contributed by atoms with van der Waals surface area (Å²) in [5.41, 5.74) is 2.33. The van der Waals surface area contributed by atoms with Crippen molar-refractivity contribution >= 4 is 11.7 Å². The number of rotatable bonds is 3. The molecule has 3 rings (SSSR count). The number of nitrogens with zero attached hydrogens (tertiary/aromatic N) is 4. The summed E-state index contributed by atoms with van der Waals surface area (Å²) in [6, 6.07) is 0. The van der Waals surface area contributed by atoms with E-state index in [9.17, 15) is 4.79 Å². The summed E-state index contributed by atoms with van der Waals surface area (Å²) >= 11 is 0. The van der Waals surface area contributed by atoms with Gasteiger partial charge >= 0.3 is 0 Å². The van der Waals surface area contributed by atoms with Gasteiger partial charge in [0.25, 0.3) is 0 Å². The molecule has 5 heteroatoms. The molecule has 1 amide bonds. The first-order valence-corrected chi connectivity index (χ1v) is 9.36. The van der Waals surface area contributed by atoms with Crippen molar-refractivity contribution in [2.75, 3.05) is 31.1 Å². The molecule has 2 heterocycles. The average Bonchev–Trinajstić information content (AvgIpc) is 3.07. The van der Waals surface area contributed by atoms with Crippen molar-refractivity contribution in [1.29, 1.82) is 0 Å². The molecule has 5 nitrogen and oxygen atoms in total. The van der Waals surface area contributed by atoms with Gasteiger partial charge < -0.3 is 9.80 Å². The monoisotopic (exact) mass is 330 g/mol. The van der Waals surface area contributed by atoms with Gasteiger partial charge in [0.15, 0.2) is 0 Å². The van der Waals surface area contributed by atoms with Gasteiger partial charge in [0.1, 0.15) is 11.6 Å². The average molecular weight is 330 g/mol. The van der Waals surface area contributed by atoms with Crippen molar-refractivity contribution in [1.82, 2.24) is 14.9 Å². The molecule has 1 saturated heterocycles. The van der Waals surface area contributed by atoms with E-state index in [4.69, 9.17) is 4.98 Å². The number of carbonyl (C=O) groups is 1. The van der Waals surface area contributed by atoms with E-state index in [0.29, 0.717) is 11.8 Å². The second-order valence-corrected chi connectivity index (χ2v) is 7.54. The Kier molecular flexibility index (Phi) is 5.07. The fraction of sp³-hybridized carbons (Fsp3) is 0.737. The van der Waals surface area contributed by atoms with E-state index >= 15 is 0 Å². The molecule has 24 heavy (non-hydrogen) atoms. The van der Waals surface area contributed by atoms with E-state index < -0.39 is 0 Å². The third kappa shape index (κ3) is 3.40. The van der Waals surface area contributed by atoms with E-state index in [2.05, 4.69) is 35.6 Å². The Morgan fingerprint density at radius 3 is 2.25 bits per heavy atom. The zero-order chi connectivity index (χ0) is 17.3. The topological polar surface area (TPSA) is 49.3 Å². The summed E-state index contributed by atoms with van der Waals surface area (Å²) in [5.74, 6) is 2.97. The van der Waals surface area contributed by atoms with E-state index in [-0.39, 0.29) is 5.92 Å². The Bertz CT molecular complexity index is 600. The van der Waals surface area contributed by atoms with E-state index in [0.717, 1.165) is 56.4 Å². The molecule has 0 aromatic carbocycles. The molecule has 1 aromatic rings. The first-order valence-electron chi connectivity index (χ1n) is 9.36. The minimum atomic E-state index is 0.284. The lowest BCUT2D eigenvalue weighted by molar-refractivity contribution is -0.135. The first kappa shape index (κ1) is 17.2. The fourth-order valence-electron chi connectivity index (χ4n) is 4.19. The molecule has 0 spiro atoms.